The third kappa shape index (κ3) is 6.98. The van der Waals surface area contributed by atoms with Gasteiger partial charge in [-0.3, -0.25) is 14.5 Å². The Hall–Kier alpha value is -4.21. The van der Waals surface area contributed by atoms with Crippen LogP contribution in [0.5, 0.6) is 5.75 Å². The molecule has 9 heteroatoms. The molecule has 4 aromatic rings. The number of anilines is 1. The van der Waals surface area contributed by atoms with Crippen LogP contribution in [0, 0.1) is 0 Å². The number of hydrogen-bond acceptors (Lipinski definition) is 8. The van der Waals surface area contributed by atoms with E-state index in [0.717, 1.165) is 30.4 Å². The summed E-state index contributed by atoms with van der Waals surface area (Å²) in [6, 6.07) is 25.8. The number of benzene rings is 3. The van der Waals surface area contributed by atoms with Gasteiger partial charge < -0.3 is 9.84 Å². The molecule has 0 saturated carbocycles. The SMILES string of the molecule is CCCCCOc1ccc(C2C(C(=O)/C=C/c3ccccc3)=C(O)C(=O)N2c2nnc(SCc3ccccc3)s2)cc1. The normalized spacial score (nSPS) is 15.1. The highest BCUT2D eigenvalue weighted by Crippen LogP contribution is 2.43. The number of ketones is 1. The van der Waals surface area contributed by atoms with E-state index >= 15 is 0 Å². The Labute approximate surface area is 253 Å². The Bertz CT molecular complexity index is 1570. The number of unbranched alkanes of at least 4 members (excludes halogenated alkanes) is 2. The topological polar surface area (TPSA) is 92.6 Å². The molecule has 2 heterocycles. The monoisotopic (exact) mass is 597 g/mol. The number of aliphatic hydroxyl groups is 1. The van der Waals surface area contributed by atoms with Crippen molar-refractivity contribution >= 4 is 46.0 Å². The Kier molecular flexibility index (Phi) is 9.84. The number of carbonyl (C=O) groups excluding carboxylic acids is 2. The second-order valence-corrected chi connectivity index (χ2v) is 11.9. The summed E-state index contributed by atoms with van der Waals surface area (Å²) >= 11 is 2.76. The third-order valence-electron chi connectivity index (χ3n) is 6.72. The molecular weight excluding hydrogens is 567 g/mol. The molecule has 5 rings (SSSR count). The van der Waals surface area contributed by atoms with Crippen molar-refractivity contribution in [3.63, 3.8) is 0 Å². The van der Waals surface area contributed by atoms with Gasteiger partial charge in [0.2, 0.25) is 5.13 Å². The summed E-state index contributed by atoms with van der Waals surface area (Å²) in [6.07, 6.45) is 6.22. The molecule has 0 fully saturated rings. The van der Waals surface area contributed by atoms with E-state index in [1.807, 2.05) is 84.9 Å². The maximum Gasteiger partial charge on any atom is 0.296 e. The highest BCUT2D eigenvalue weighted by molar-refractivity contribution is 8.00. The van der Waals surface area contributed by atoms with E-state index in [1.165, 1.54) is 34.1 Å². The van der Waals surface area contributed by atoms with Crippen molar-refractivity contribution in [2.45, 2.75) is 42.3 Å². The number of aromatic nitrogens is 2. The zero-order chi connectivity index (χ0) is 29.3. The van der Waals surface area contributed by atoms with Gasteiger partial charge in [-0.1, -0.05) is 122 Å². The zero-order valence-corrected chi connectivity index (χ0v) is 24.8. The Morgan fingerprint density at radius 3 is 2.43 bits per heavy atom. The number of thioether (sulfide) groups is 1. The van der Waals surface area contributed by atoms with Gasteiger partial charge in [-0.2, -0.15) is 0 Å². The van der Waals surface area contributed by atoms with Gasteiger partial charge in [-0.15, -0.1) is 10.2 Å². The zero-order valence-electron chi connectivity index (χ0n) is 23.2. The fourth-order valence-corrected chi connectivity index (χ4v) is 6.38. The van der Waals surface area contributed by atoms with E-state index in [9.17, 15) is 14.7 Å². The van der Waals surface area contributed by atoms with E-state index < -0.39 is 23.5 Å². The highest BCUT2D eigenvalue weighted by atomic mass is 32.2. The number of aliphatic hydroxyl groups excluding tert-OH is 1. The molecule has 0 saturated heterocycles. The van der Waals surface area contributed by atoms with Crippen LogP contribution >= 0.6 is 23.1 Å². The summed E-state index contributed by atoms with van der Waals surface area (Å²) in [4.78, 5) is 28.4. The minimum atomic E-state index is -0.875. The van der Waals surface area contributed by atoms with E-state index in [1.54, 1.807) is 6.08 Å². The second-order valence-electron chi connectivity index (χ2n) is 9.70. The first-order chi connectivity index (χ1) is 20.5. The lowest BCUT2D eigenvalue weighted by molar-refractivity contribution is -0.117. The molecular formula is C33H31N3O4S2. The number of ether oxygens (including phenoxy) is 1. The van der Waals surface area contributed by atoms with Gasteiger partial charge in [0.05, 0.1) is 18.2 Å². The standard InChI is InChI=1S/C33H31N3O4S2/c1-2-3-10-21-40-26-18-16-25(17-19-26)29-28(27(37)20-15-23-11-6-4-7-12-23)30(38)31(39)36(29)32-34-35-33(42-32)41-22-24-13-8-5-9-14-24/h4-9,11-20,29,38H,2-3,10,21-22H2,1H3/b20-15+. The van der Waals surface area contributed by atoms with Crippen molar-refractivity contribution in [3.8, 4) is 5.75 Å². The van der Waals surface area contributed by atoms with Crippen molar-refractivity contribution in [1.29, 1.82) is 0 Å². The first-order valence-electron chi connectivity index (χ1n) is 13.8. The molecule has 1 amide bonds. The Balaban J connectivity index is 1.43. The van der Waals surface area contributed by atoms with Crippen molar-refractivity contribution in [2.75, 3.05) is 11.5 Å². The molecule has 1 unspecified atom stereocenters. The fraction of sp³-hybridized carbons (Fsp3) is 0.212. The number of amides is 1. The molecule has 1 N–H and O–H groups in total. The van der Waals surface area contributed by atoms with Crippen LogP contribution in [-0.4, -0.2) is 33.6 Å². The lowest BCUT2D eigenvalue weighted by Crippen LogP contribution is -2.30. The van der Waals surface area contributed by atoms with E-state index in [0.29, 0.717) is 33.1 Å². The fourth-order valence-electron chi connectivity index (χ4n) is 4.56. The third-order valence-corrected chi connectivity index (χ3v) is 8.85. The minimum Gasteiger partial charge on any atom is -0.503 e. The lowest BCUT2D eigenvalue weighted by Gasteiger charge is -2.24. The molecule has 0 bridgehead atoms. The maximum absolute atomic E-state index is 13.5. The maximum atomic E-state index is 13.5. The second kappa shape index (κ2) is 14.1. The quantitative estimate of drug-likeness (QED) is 0.0735. The average Bonchev–Trinajstić information content (AvgIpc) is 3.60. The molecule has 42 heavy (non-hydrogen) atoms. The van der Waals surface area contributed by atoms with E-state index in [-0.39, 0.29) is 5.57 Å². The predicted octanol–water partition coefficient (Wildman–Crippen LogP) is 7.58. The molecule has 0 radical (unpaired) electrons. The van der Waals surface area contributed by atoms with Gasteiger partial charge in [-0.25, -0.2) is 0 Å². The van der Waals surface area contributed by atoms with E-state index in [2.05, 4.69) is 17.1 Å². The number of hydrogen-bond donors (Lipinski definition) is 1. The van der Waals surface area contributed by atoms with Gasteiger partial charge in [0, 0.05) is 5.75 Å². The minimum absolute atomic E-state index is 0.00233. The van der Waals surface area contributed by atoms with Crippen molar-refractivity contribution in [3.05, 3.63) is 119 Å². The molecule has 214 valence electrons. The van der Waals surface area contributed by atoms with Crippen molar-refractivity contribution in [2.24, 2.45) is 0 Å². The van der Waals surface area contributed by atoms with Crippen LogP contribution in [0.25, 0.3) is 6.08 Å². The molecule has 0 spiro atoms. The molecule has 3 aromatic carbocycles. The number of nitrogens with zero attached hydrogens (tertiary/aromatic N) is 3. The summed E-state index contributed by atoms with van der Waals surface area (Å²) in [5.41, 5.74) is 2.62. The summed E-state index contributed by atoms with van der Waals surface area (Å²) < 4.78 is 6.54. The summed E-state index contributed by atoms with van der Waals surface area (Å²) in [6.45, 7) is 2.76. The molecule has 1 aliphatic rings. The van der Waals surface area contributed by atoms with Gasteiger partial charge >= 0.3 is 0 Å². The number of carbonyl (C=O) groups is 2. The lowest BCUT2D eigenvalue weighted by atomic mass is 9.95. The summed E-state index contributed by atoms with van der Waals surface area (Å²) in [5, 5.41) is 19.9. The van der Waals surface area contributed by atoms with Crippen LogP contribution in [0.2, 0.25) is 0 Å². The molecule has 7 nitrogen and oxygen atoms in total. The number of rotatable bonds is 13. The van der Waals surface area contributed by atoms with Crippen LogP contribution in [0.1, 0.15) is 48.9 Å². The Morgan fingerprint density at radius 1 is 1.00 bits per heavy atom. The first kappa shape index (κ1) is 29.3. The summed E-state index contributed by atoms with van der Waals surface area (Å²) in [5.74, 6) is -0.334. The average molecular weight is 598 g/mol. The van der Waals surface area contributed by atoms with Crippen LogP contribution in [0.15, 0.2) is 107 Å². The van der Waals surface area contributed by atoms with Gasteiger partial charge in [0.1, 0.15) is 5.75 Å². The number of allylic oxidation sites excluding steroid dienone is 1. The van der Waals surface area contributed by atoms with Gasteiger partial charge in [-0.05, 0) is 41.3 Å². The highest BCUT2D eigenvalue weighted by Gasteiger charge is 2.45. The van der Waals surface area contributed by atoms with Crippen LogP contribution in [0.4, 0.5) is 5.13 Å². The van der Waals surface area contributed by atoms with Crippen LogP contribution in [0.3, 0.4) is 0 Å². The Morgan fingerprint density at radius 2 is 1.71 bits per heavy atom. The van der Waals surface area contributed by atoms with E-state index in [4.69, 9.17) is 4.74 Å². The largest absolute Gasteiger partial charge is 0.503 e. The molecule has 1 aliphatic heterocycles. The predicted molar refractivity (Wildman–Crippen MR) is 168 cm³/mol. The van der Waals surface area contributed by atoms with Crippen LogP contribution in [-0.2, 0) is 15.3 Å². The molecule has 1 aromatic heterocycles. The summed E-state index contributed by atoms with van der Waals surface area (Å²) in [7, 11) is 0. The molecule has 0 aliphatic carbocycles. The van der Waals surface area contributed by atoms with Gasteiger partial charge in [0.15, 0.2) is 15.9 Å². The molecule has 1 atom stereocenters. The smallest absolute Gasteiger partial charge is 0.296 e. The van der Waals surface area contributed by atoms with Crippen LogP contribution < -0.4 is 9.64 Å². The first-order valence-corrected chi connectivity index (χ1v) is 15.6. The van der Waals surface area contributed by atoms with Gasteiger partial charge in [0.25, 0.3) is 5.91 Å². The van der Waals surface area contributed by atoms with Crippen molar-refractivity contribution < 1.29 is 19.4 Å². The van der Waals surface area contributed by atoms with Crippen molar-refractivity contribution in [1.82, 2.24) is 10.2 Å².